The molecule has 1 saturated heterocycles. The van der Waals surface area contributed by atoms with Crippen LogP contribution in [0.25, 0.3) is 0 Å². The van der Waals surface area contributed by atoms with E-state index in [9.17, 15) is 4.79 Å². The molecular weight excluding hydrogens is 250 g/mol. The second-order valence-corrected chi connectivity index (χ2v) is 6.58. The summed E-state index contributed by atoms with van der Waals surface area (Å²) in [4.78, 5) is 14.9. The first-order chi connectivity index (χ1) is 9.72. The Morgan fingerprint density at radius 1 is 1.20 bits per heavy atom. The van der Waals surface area contributed by atoms with E-state index in [1.54, 1.807) is 0 Å². The lowest BCUT2D eigenvalue weighted by Crippen LogP contribution is -2.47. The van der Waals surface area contributed by atoms with Crippen LogP contribution in [-0.2, 0) is 4.79 Å². The SMILES string of the molecule is CC(CNC(=O)C1CCCCC1CN)N1CCCCC1. The van der Waals surface area contributed by atoms with Gasteiger partial charge in [0, 0.05) is 18.5 Å². The van der Waals surface area contributed by atoms with E-state index in [4.69, 9.17) is 5.73 Å². The van der Waals surface area contributed by atoms with Crippen LogP contribution in [0.15, 0.2) is 0 Å². The normalized spacial score (nSPS) is 29.9. The van der Waals surface area contributed by atoms with Crippen LogP contribution in [0.4, 0.5) is 0 Å². The highest BCUT2D eigenvalue weighted by molar-refractivity contribution is 5.79. The van der Waals surface area contributed by atoms with Gasteiger partial charge in [-0.1, -0.05) is 19.3 Å². The summed E-state index contributed by atoms with van der Waals surface area (Å²) in [6, 6.07) is 0.458. The topological polar surface area (TPSA) is 58.4 Å². The number of piperidine rings is 1. The number of amides is 1. The summed E-state index contributed by atoms with van der Waals surface area (Å²) in [7, 11) is 0. The summed E-state index contributed by atoms with van der Waals surface area (Å²) in [5, 5.41) is 3.18. The van der Waals surface area contributed by atoms with Crippen LogP contribution in [0.5, 0.6) is 0 Å². The third-order valence-corrected chi connectivity index (χ3v) is 5.13. The number of carbonyl (C=O) groups excluding carboxylic acids is 1. The van der Waals surface area contributed by atoms with Crippen molar-refractivity contribution in [2.75, 3.05) is 26.2 Å². The summed E-state index contributed by atoms with van der Waals surface area (Å²) >= 11 is 0. The Morgan fingerprint density at radius 3 is 2.60 bits per heavy atom. The van der Waals surface area contributed by atoms with Gasteiger partial charge in [0.2, 0.25) is 5.91 Å². The summed E-state index contributed by atoms with van der Waals surface area (Å²) in [5.41, 5.74) is 5.82. The molecule has 0 aromatic carbocycles. The van der Waals surface area contributed by atoms with Gasteiger partial charge in [0.1, 0.15) is 0 Å². The number of nitrogens with zero attached hydrogens (tertiary/aromatic N) is 1. The highest BCUT2D eigenvalue weighted by atomic mass is 16.1. The molecule has 2 fully saturated rings. The third kappa shape index (κ3) is 4.19. The van der Waals surface area contributed by atoms with Gasteiger partial charge in [-0.05, 0) is 58.2 Å². The zero-order valence-corrected chi connectivity index (χ0v) is 12.9. The quantitative estimate of drug-likeness (QED) is 0.807. The molecule has 1 amide bonds. The lowest BCUT2D eigenvalue weighted by Gasteiger charge is -2.34. The van der Waals surface area contributed by atoms with Crippen molar-refractivity contribution < 1.29 is 4.79 Å². The van der Waals surface area contributed by atoms with Crippen molar-refractivity contribution >= 4 is 5.91 Å². The number of likely N-dealkylation sites (tertiary alicyclic amines) is 1. The average molecular weight is 281 g/mol. The first-order valence-electron chi connectivity index (χ1n) is 8.44. The molecule has 1 aliphatic heterocycles. The van der Waals surface area contributed by atoms with Crippen LogP contribution in [0, 0.1) is 11.8 Å². The van der Waals surface area contributed by atoms with Crippen LogP contribution in [0.2, 0.25) is 0 Å². The molecule has 1 heterocycles. The summed E-state index contributed by atoms with van der Waals surface area (Å²) in [5.74, 6) is 0.792. The third-order valence-electron chi connectivity index (χ3n) is 5.13. The first kappa shape index (κ1) is 15.8. The molecule has 4 heteroatoms. The largest absolute Gasteiger partial charge is 0.354 e. The molecule has 1 saturated carbocycles. The fourth-order valence-electron chi connectivity index (χ4n) is 3.70. The molecular formula is C16H31N3O. The maximum atomic E-state index is 12.4. The summed E-state index contributed by atoms with van der Waals surface area (Å²) in [6.07, 6.45) is 8.51. The standard InChI is InChI=1S/C16H31N3O/c1-13(19-9-5-2-6-10-19)12-18-16(20)15-8-4-3-7-14(15)11-17/h13-15H,2-12,17H2,1H3,(H,18,20). The van der Waals surface area contributed by atoms with Crippen LogP contribution in [0.3, 0.4) is 0 Å². The summed E-state index contributed by atoms with van der Waals surface area (Å²) < 4.78 is 0. The fraction of sp³-hybridized carbons (Fsp3) is 0.938. The van der Waals surface area contributed by atoms with Gasteiger partial charge in [-0.15, -0.1) is 0 Å². The number of nitrogens with one attached hydrogen (secondary N) is 1. The molecule has 3 N–H and O–H groups in total. The van der Waals surface area contributed by atoms with Gasteiger partial charge in [-0.25, -0.2) is 0 Å². The highest BCUT2D eigenvalue weighted by Crippen LogP contribution is 2.29. The van der Waals surface area contributed by atoms with Crippen LogP contribution < -0.4 is 11.1 Å². The van der Waals surface area contributed by atoms with Gasteiger partial charge in [0.25, 0.3) is 0 Å². The lowest BCUT2D eigenvalue weighted by molar-refractivity contribution is -0.127. The fourth-order valence-corrected chi connectivity index (χ4v) is 3.70. The molecule has 3 atom stereocenters. The molecule has 0 aromatic heterocycles. The van der Waals surface area contributed by atoms with Crippen molar-refractivity contribution in [3.8, 4) is 0 Å². The molecule has 0 spiro atoms. The van der Waals surface area contributed by atoms with Crippen molar-refractivity contribution in [2.45, 2.75) is 57.9 Å². The van der Waals surface area contributed by atoms with E-state index in [1.807, 2.05) is 0 Å². The van der Waals surface area contributed by atoms with Gasteiger partial charge < -0.3 is 11.1 Å². The maximum Gasteiger partial charge on any atom is 0.223 e. The van der Waals surface area contributed by atoms with E-state index in [2.05, 4.69) is 17.1 Å². The van der Waals surface area contributed by atoms with Gasteiger partial charge in [0.15, 0.2) is 0 Å². The maximum absolute atomic E-state index is 12.4. The second kappa shape index (κ2) is 7.99. The molecule has 4 nitrogen and oxygen atoms in total. The average Bonchev–Trinajstić information content (AvgIpc) is 2.53. The Kier molecular flexibility index (Phi) is 6.30. The molecule has 1 aliphatic carbocycles. The molecule has 0 radical (unpaired) electrons. The number of carbonyl (C=O) groups is 1. The zero-order chi connectivity index (χ0) is 14.4. The van der Waals surface area contributed by atoms with Crippen molar-refractivity contribution in [1.82, 2.24) is 10.2 Å². The van der Waals surface area contributed by atoms with Crippen LogP contribution in [-0.4, -0.2) is 43.0 Å². The van der Waals surface area contributed by atoms with Crippen LogP contribution in [0.1, 0.15) is 51.9 Å². The van der Waals surface area contributed by atoms with Crippen molar-refractivity contribution in [2.24, 2.45) is 17.6 Å². The highest BCUT2D eigenvalue weighted by Gasteiger charge is 2.30. The van der Waals surface area contributed by atoms with Crippen molar-refractivity contribution in [3.05, 3.63) is 0 Å². The monoisotopic (exact) mass is 281 g/mol. The number of hydrogen-bond acceptors (Lipinski definition) is 3. The Morgan fingerprint density at radius 2 is 1.90 bits per heavy atom. The predicted molar refractivity (Wildman–Crippen MR) is 82.4 cm³/mol. The number of rotatable bonds is 5. The Labute approximate surface area is 123 Å². The number of hydrogen-bond donors (Lipinski definition) is 2. The Bertz CT molecular complexity index is 302. The molecule has 20 heavy (non-hydrogen) atoms. The first-order valence-corrected chi connectivity index (χ1v) is 8.44. The minimum absolute atomic E-state index is 0.155. The molecule has 0 bridgehead atoms. The minimum atomic E-state index is 0.155. The molecule has 3 unspecified atom stereocenters. The lowest BCUT2D eigenvalue weighted by atomic mass is 9.79. The van der Waals surface area contributed by atoms with Gasteiger partial charge >= 0.3 is 0 Å². The summed E-state index contributed by atoms with van der Waals surface area (Å²) in [6.45, 7) is 6.04. The van der Waals surface area contributed by atoms with Gasteiger partial charge in [-0.3, -0.25) is 9.69 Å². The van der Waals surface area contributed by atoms with Gasteiger partial charge in [-0.2, -0.15) is 0 Å². The van der Waals surface area contributed by atoms with Gasteiger partial charge in [0.05, 0.1) is 0 Å². The van der Waals surface area contributed by atoms with Crippen LogP contribution >= 0.6 is 0 Å². The minimum Gasteiger partial charge on any atom is -0.354 e. The molecule has 2 rings (SSSR count). The molecule has 2 aliphatic rings. The van der Waals surface area contributed by atoms with E-state index >= 15 is 0 Å². The molecule has 0 aromatic rings. The van der Waals surface area contributed by atoms with E-state index in [0.29, 0.717) is 18.5 Å². The zero-order valence-electron chi connectivity index (χ0n) is 12.9. The van der Waals surface area contributed by atoms with E-state index in [1.165, 1.54) is 45.2 Å². The predicted octanol–water partition coefficient (Wildman–Crippen LogP) is 1.74. The van der Waals surface area contributed by atoms with E-state index < -0.39 is 0 Å². The van der Waals surface area contributed by atoms with Crippen molar-refractivity contribution in [3.63, 3.8) is 0 Å². The van der Waals surface area contributed by atoms with Crippen molar-refractivity contribution in [1.29, 1.82) is 0 Å². The number of nitrogens with two attached hydrogens (primary N) is 1. The second-order valence-electron chi connectivity index (χ2n) is 6.58. The Balaban J connectivity index is 1.75. The smallest absolute Gasteiger partial charge is 0.223 e. The molecule has 116 valence electrons. The van der Waals surface area contributed by atoms with E-state index in [0.717, 1.165) is 19.4 Å². The Hall–Kier alpha value is -0.610. The van der Waals surface area contributed by atoms with E-state index in [-0.39, 0.29) is 11.8 Å².